The highest BCUT2D eigenvalue weighted by Crippen LogP contribution is 2.29. The first-order valence-electron chi connectivity index (χ1n) is 7.17. The summed E-state index contributed by atoms with van der Waals surface area (Å²) in [5.41, 5.74) is 1.10. The Labute approximate surface area is 120 Å². The van der Waals surface area contributed by atoms with Crippen LogP contribution in [-0.4, -0.2) is 23.4 Å². The third kappa shape index (κ3) is 2.19. The minimum absolute atomic E-state index is 0.0137. The van der Waals surface area contributed by atoms with E-state index in [1.165, 1.54) is 0 Å². The standard InChI is InChI=1S/C16H22N2O2/c1-5-16(6-2)15(20)18(12(4)14(19)17-16)13-9-7-8-11(3)10-13/h7-10,12H,5-6H2,1-4H3,(H,17,19). The molecule has 1 atom stereocenters. The Kier molecular flexibility index (Phi) is 3.84. The Bertz CT molecular complexity index is 535. The predicted molar refractivity (Wildman–Crippen MR) is 79.6 cm³/mol. The van der Waals surface area contributed by atoms with E-state index in [0.717, 1.165) is 11.3 Å². The molecule has 1 N–H and O–H groups in total. The minimum atomic E-state index is -0.770. The number of carbonyl (C=O) groups excluding carboxylic acids is 2. The number of aryl methyl sites for hydroxylation is 1. The lowest BCUT2D eigenvalue weighted by Crippen LogP contribution is -2.69. The largest absolute Gasteiger partial charge is 0.340 e. The Morgan fingerprint density at radius 1 is 1.25 bits per heavy atom. The normalized spacial score (nSPS) is 21.8. The van der Waals surface area contributed by atoms with Gasteiger partial charge in [0.05, 0.1) is 0 Å². The van der Waals surface area contributed by atoms with Crippen molar-refractivity contribution in [1.29, 1.82) is 0 Å². The zero-order chi connectivity index (χ0) is 14.9. The molecule has 0 saturated carbocycles. The van der Waals surface area contributed by atoms with Gasteiger partial charge in [-0.05, 0) is 44.4 Å². The van der Waals surface area contributed by atoms with Gasteiger partial charge in [-0.3, -0.25) is 14.5 Å². The van der Waals surface area contributed by atoms with E-state index in [1.54, 1.807) is 11.8 Å². The highest BCUT2D eigenvalue weighted by Gasteiger charge is 2.47. The van der Waals surface area contributed by atoms with Gasteiger partial charge in [-0.15, -0.1) is 0 Å². The average Bonchev–Trinajstić information content (AvgIpc) is 2.43. The number of carbonyl (C=O) groups is 2. The van der Waals surface area contributed by atoms with Crippen molar-refractivity contribution in [2.24, 2.45) is 0 Å². The number of anilines is 1. The number of benzene rings is 1. The summed E-state index contributed by atoms with van der Waals surface area (Å²) < 4.78 is 0. The van der Waals surface area contributed by atoms with Gasteiger partial charge in [-0.1, -0.05) is 26.0 Å². The van der Waals surface area contributed by atoms with Crippen LogP contribution in [-0.2, 0) is 9.59 Å². The van der Waals surface area contributed by atoms with E-state index in [9.17, 15) is 9.59 Å². The van der Waals surface area contributed by atoms with Crippen LogP contribution in [0.15, 0.2) is 24.3 Å². The molecule has 1 aromatic carbocycles. The van der Waals surface area contributed by atoms with E-state index in [-0.39, 0.29) is 11.8 Å². The number of rotatable bonds is 3. The monoisotopic (exact) mass is 274 g/mol. The number of amides is 2. The van der Waals surface area contributed by atoms with Gasteiger partial charge in [0.15, 0.2) is 0 Å². The molecule has 4 heteroatoms. The molecular weight excluding hydrogens is 252 g/mol. The van der Waals surface area contributed by atoms with Gasteiger partial charge >= 0.3 is 0 Å². The molecule has 1 saturated heterocycles. The van der Waals surface area contributed by atoms with E-state index in [0.29, 0.717) is 12.8 Å². The zero-order valence-electron chi connectivity index (χ0n) is 12.6. The molecule has 1 aromatic rings. The summed E-state index contributed by atoms with van der Waals surface area (Å²) in [4.78, 5) is 26.8. The summed E-state index contributed by atoms with van der Waals surface area (Å²) in [5.74, 6) is -0.102. The summed E-state index contributed by atoms with van der Waals surface area (Å²) in [6.07, 6.45) is 1.20. The predicted octanol–water partition coefficient (Wildman–Crippen LogP) is 2.41. The molecule has 0 spiro atoms. The van der Waals surface area contributed by atoms with Gasteiger partial charge in [-0.2, -0.15) is 0 Å². The van der Waals surface area contributed by atoms with Crippen LogP contribution in [0.5, 0.6) is 0 Å². The van der Waals surface area contributed by atoms with Crippen LogP contribution in [0.2, 0.25) is 0 Å². The summed E-state index contributed by atoms with van der Waals surface area (Å²) in [6, 6.07) is 7.25. The number of nitrogens with zero attached hydrogens (tertiary/aromatic N) is 1. The number of piperazine rings is 1. The highest BCUT2D eigenvalue weighted by atomic mass is 16.2. The third-order valence-corrected chi connectivity index (χ3v) is 4.24. The topological polar surface area (TPSA) is 49.4 Å². The summed E-state index contributed by atoms with van der Waals surface area (Å²) in [5, 5.41) is 2.91. The van der Waals surface area contributed by atoms with Crippen LogP contribution >= 0.6 is 0 Å². The lowest BCUT2D eigenvalue weighted by atomic mass is 9.87. The Hall–Kier alpha value is -1.84. The molecule has 0 radical (unpaired) electrons. The molecule has 0 aliphatic carbocycles. The van der Waals surface area contributed by atoms with Crippen molar-refractivity contribution < 1.29 is 9.59 Å². The molecule has 0 bridgehead atoms. The fraction of sp³-hybridized carbons (Fsp3) is 0.500. The SMILES string of the molecule is CCC1(CC)NC(=O)C(C)N(c2cccc(C)c2)C1=O. The van der Waals surface area contributed by atoms with Crippen molar-refractivity contribution in [3.63, 3.8) is 0 Å². The van der Waals surface area contributed by atoms with Crippen molar-refractivity contribution in [2.45, 2.75) is 52.1 Å². The van der Waals surface area contributed by atoms with Crippen molar-refractivity contribution in [2.75, 3.05) is 4.90 Å². The molecule has 1 fully saturated rings. The zero-order valence-corrected chi connectivity index (χ0v) is 12.6. The lowest BCUT2D eigenvalue weighted by Gasteiger charge is -2.44. The quantitative estimate of drug-likeness (QED) is 0.920. The second-order valence-corrected chi connectivity index (χ2v) is 5.47. The maximum atomic E-state index is 12.9. The fourth-order valence-corrected chi connectivity index (χ4v) is 2.77. The van der Waals surface area contributed by atoms with Gasteiger partial charge in [0.1, 0.15) is 11.6 Å². The second kappa shape index (κ2) is 5.27. The molecule has 2 amide bonds. The van der Waals surface area contributed by atoms with Crippen LogP contribution in [0.25, 0.3) is 0 Å². The van der Waals surface area contributed by atoms with Crippen molar-refractivity contribution in [3.05, 3.63) is 29.8 Å². The van der Waals surface area contributed by atoms with Crippen LogP contribution in [0.4, 0.5) is 5.69 Å². The molecular formula is C16H22N2O2. The van der Waals surface area contributed by atoms with Crippen LogP contribution in [0.1, 0.15) is 39.2 Å². The lowest BCUT2D eigenvalue weighted by molar-refractivity contribution is -0.138. The molecule has 2 rings (SSSR count). The molecule has 1 heterocycles. The first-order valence-corrected chi connectivity index (χ1v) is 7.17. The minimum Gasteiger partial charge on any atom is -0.340 e. The van der Waals surface area contributed by atoms with Gasteiger partial charge in [-0.25, -0.2) is 0 Å². The Balaban J connectivity index is 2.49. The van der Waals surface area contributed by atoms with Crippen LogP contribution < -0.4 is 10.2 Å². The summed E-state index contributed by atoms with van der Waals surface area (Å²) >= 11 is 0. The van der Waals surface area contributed by atoms with E-state index in [4.69, 9.17) is 0 Å². The van der Waals surface area contributed by atoms with E-state index in [2.05, 4.69) is 5.32 Å². The van der Waals surface area contributed by atoms with Crippen LogP contribution in [0.3, 0.4) is 0 Å². The maximum absolute atomic E-state index is 12.9. The molecule has 20 heavy (non-hydrogen) atoms. The van der Waals surface area contributed by atoms with Crippen molar-refractivity contribution in [1.82, 2.24) is 5.32 Å². The fourth-order valence-electron chi connectivity index (χ4n) is 2.77. The molecule has 1 unspecified atom stereocenters. The molecule has 1 aliphatic rings. The number of hydrogen-bond donors (Lipinski definition) is 1. The first kappa shape index (κ1) is 14.6. The highest BCUT2D eigenvalue weighted by molar-refractivity contribution is 6.10. The molecule has 4 nitrogen and oxygen atoms in total. The number of nitrogens with one attached hydrogen (secondary N) is 1. The van der Waals surface area contributed by atoms with Gasteiger partial charge in [0, 0.05) is 5.69 Å². The van der Waals surface area contributed by atoms with E-state index < -0.39 is 11.6 Å². The van der Waals surface area contributed by atoms with Crippen LogP contribution in [0, 0.1) is 6.92 Å². The van der Waals surface area contributed by atoms with Crippen molar-refractivity contribution in [3.8, 4) is 0 Å². The molecule has 0 aromatic heterocycles. The molecule has 108 valence electrons. The van der Waals surface area contributed by atoms with Gasteiger partial charge < -0.3 is 5.32 Å². The summed E-state index contributed by atoms with van der Waals surface area (Å²) in [6.45, 7) is 7.62. The van der Waals surface area contributed by atoms with Crippen molar-refractivity contribution >= 4 is 17.5 Å². The second-order valence-electron chi connectivity index (χ2n) is 5.47. The van der Waals surface area contributed by atoms with E-state index >= 15 is 0 Å². The van der Waals surface area contributed by atoms with E-state index in [1.807, 2.05) is 45.0 Å². The average molecular weight is 274 g/mol. The number of hydrogen-bond acceptors (Lipinski definition) is 2. The van der Waals surface area contributed by atoms with Gasteiger partial charge in [0.25, 0.3) is 5.91 Å². The smallest absolute Gasteiger partial charge is 0.253 e. The summed E-state index contributed by atoms with van der Waals surface area (Å²) in [7, 11) is 0. The third-order valence-electron chi connectivity index (χ3n) is 4.24. The first-order chi connectivity index (χ1) is 9.45. The Morgan fingerprint density at radius 2 is 1.90 bits per heavy atom. The Morgan fingerprint density at radius 3 is 2.45 bits per heavy atom. The molecule has 1 aliphatic heterocycles. The maximum Gasteiger partial charge on any atom is 0.253 e. The van der Waals surface area contributed by atoms with Gasteiger partial charge in [0.2, 0.25) is 5.91 Å².